The van der Waals surface area contributed by atoms with Gasteiger partial charge in [0.15, 0.2) is 0 Å². The molecule has 0 bridgehead atoms. The molecular weight excluding hydrogens is 222 g/mol. The average molecular weight is 255 g/mol. The van der Waals surface area contributed by atoms with Gasteiger partial charge in [-0.1, -0.05) is 39.5 Å². The highest BCUT2D eigenvalue weighted by Crippen LogP contribution is 2.23. The molecule has 0 aromatic rings. The molecule has 1 saturated heterocycles. The van der Waals surface area contributed by atoms with Crippen molar-refractivity contribution in [2.45, 2.75) is 83.8 Å². The molecule has 3 unspecified atom stereocenters. The summed E-state index contributed by atoms with van der Waals surface area (Å²) < 4.78 is 5.72. The van der Waals surface area contributed by atoms with Gasteiger partial charge in [-0.3, -0.25) is 0 Å². The van der Waals surface area contributed by atoms with Crippen LogP contribution in [0.5, 0.6) is 0 Å². The molecule has 0 amide bonds. The average Bonchev–Trinajstić information content (AvgIpc) is 2.91. The first kappa shape index (κ1) is 16.0. The van der Waals surface area contributed by atoms with Gasteiger partial charge in [0, 0.05) is 12.6 Å². The predicted molar refractivity (Wildman–Crippen MR) is 79.0 cm³/mol. The van der Waals surface area contributed by atoms with Crippen LogP contribution in [0, 0.1) is 5.92 Å². The molecule has 2 heteroatoms. The van der Waals surface area contributed by atoms with Crippen molar-refractivity contribution in [3.8, 4) is 0 Å². The van der Waals surface area contributed by atoms with Crippen molar-refractivity contribution in [3.05, 3.63) is 0 Å². The maximum Gasteiger partial charge on any atom is 0.0576 e. The first-order valence-electron chi connectivity index (χ1n) is 8.09. The Kier molecular flexibility index (Phi) is 8.70. The van der Waals surface area contributed by atoms with E-state index in [-0.39, 0.29) is 0 Å². The lowest BCUT2D eigenvalue weighted by atomic mass is 9.90. The number of rotatable bonds is 10. The number of hydrogen-bond donors (Lipinski definition) is 1. The predicted octanol–water partition coefficient (Wildman–Crippen LogP) is 4.14. The molecule has 3 atom stereocenters. The van der Waals surface area contributed by atoms with E-state index in [0.717, 1.165) is 12.5 Å². The summed E-state index contributed by atoms with van der Waals surface area (Å²) in [5, 5.41) is 3.51. The van der Waals surface area contributed by atoms with Crippen molar-refractivity contribution >= 4 is 0 Å². The van der Waals surface area contributed by atoms with Gasteiger partial charge < -0.3 is 10.1 Å². The highest BCUT2D eigenvalue weighted by molar-refractivity contribution is 4.74. The van der Waals surface area contributed by atoms with Crippen LogP contribution in [-0.2, 0) is 4.74 Å². The molecular formula is C16H33NO. The summed E-state index contributed by atoms with van der Waals surface area (Å²) in [5.41, 5.74) is 0. The second kappa shape index (κ2) is 9.80. The third-order valence-corrected chi connectivity index (χ3v) is 4.43. The minimum atomic E-state index is 0.552. The molecule has 1 aliphatic heterocycles. The quantitative estimate of drug-likeness (QED) is 0.633. The number of ether oxygens (including phenoxy) is 1. The van der Waals surface area contributed by atoms with E-state index in [2.05, 4.69) is 26.2 Å². The van der Waals surface area contributed by atoms with Crippen molar-refractivity contribution < 1.29 is 4.74 Å². The Morgan fingerprint density at radius 3 is 2.67 bits per heavy atom. The molecule has 0 radical (unpaired) electrons. The van der Waals surface area contributed by atoms with Crippen LogP contribution in [0.15, 0.2) is 0 Å². The SMILES string of the molecule is CCCCC(CC)CC(CCC1CCCO1)NC. The van der Waals surface area contributed by atoms with Crippen LogP contribution in [0.2, 0.25) is 0 Å². The summed E-state index contributed by atoms with van der Waals surface area (Å²) in [4.78, 5) is 0. The second-order valence-electron chi connectivity index (χ2n) is 5.85. The summed E-state index contributed by atoms with van der Waals surface area (Å²) in [6.45, 7) is 5.62. The molecule has 1 N–H and O–H groups in total. The zero-order valence-corrected chi connectivity index (χ0v) is 12.7. The van der Waals surface area contributed by atoms with Crippen LogP contribution >= 0.6 is 0 Å². The first-order chi connectivity index (χ1) is 8.80. The molecule has 0 aromatic heterocycles. The minimum Gasteiger partial charge on any atom is -0.378 e. The Bertz CT molecular complexity index is 190. The Labute approximate surface area is 114 Å². The normalized spacial score (nSPS) is 23.2. The highest BCUT2D eigenvalue weighted by atomic mass is 16.5. The van der Waals surface area contributed by atoms with Gasteiger partial charge in [0.25, 0.3) is 0 Å². The van der Waals surface area contributed by atoms with E-state index >= 15 is 0 Å². The molecule has 1 fully saturated rings. The van der Waals surface area contributed by atoms with Crippen molar-refractivity contribution in [2.24, 2.45) is 5.92 Å². The van der Waals surface area contributed by atoms with Gasteiger partial charge in [0.1, 0.15) is 0 Å². The molecule has 108 valence electrons. The fraction of sp³-hybridized carbons (Fsp3) is 1.00. The van der Waals surface area contributed by atoms with Crippen LogP contribution in [0.4, 0.5) is 0 Å². The summed E-state index contributed by atoms with van der Waals surface area (Å²) in [5.74, 6) is 0.909. The number of nitrogens with one attached hydrogen (secondary N) is 1. The number of unbranched alkanes of at least 4 members (excludes halogenated alkanes) is 1. The van der Waals surface area contributed by atoms with Gasteiger partial charge >= 0.3 is 0 Å². The molecule has 1 rings (SSSR count). The van der Waals surface area contributed by atoms with Gasteiger partial charge in [0.2, 0.25) is 0 Å². The lowest BCUT2D eigenvalue weighted by Gasteiger charge is -2.23. The van der Waals surface area contributed by atoms with Crippen molar-refractivity contribution in [1.29, 1.82) is 0 Å². The molecule has 2 nitrogen and oxygen atoms in total. The molecule has 1 heterocycles. The lowest BCUT2D eigenvalue weighted by Crippen LogP contribution is -2.29. The maximum absolute atomic E-state index is 5.72. The van der Waals surface area contributed by atoms with E-state index in [9.17, 15) is 0 Å². The Morgan fingerprint density at radius 1 is 1.28 bits per heavy atom. The molecule has 18 heavy (non-hydrogen) atoms. The molecule has 0 aromatic carbocycles. The zero-order chi connectivity index (χ0) is 13.2. The fourth-order valence-electron chi connectivity index (χ4n) is 3.02. The lowest BCUT2D eigenvalue weighted by molar-refractivity contribution is 0.0987. The monoisotopic (exact) mass is 255 g/mol. The van der Waals surface area contributed by atoms with Crippen LogP contribution in [-0.4, -0.2) is 25.8 Å². The molecule has 0 saturated carbocycles. The van der Waals surface area contributed by atoms with E-state index in [1.54, 1.807) is 0 Å². The van der Waals surface area contributed by atoms with E-state index in [1.807, 2.05) is 0 Å². The summed E-state index contributed by atoms with van der Waals surface area (Å²) in [6.07, 6.45) is 12.4. The van der Waals surface area contributed by atoms with Crippen LogP contribution in [0.1, 0.15) is 71.6 Å². The Morgan fingerprint density at radius 2 is 2.11 bits per heavy atom. The first-order valence-corrected chi connectivity index (χ1v) is 8.09. The Hall–Kier alpha value is -0.0800. The molecule has 0 aliphatic carbocycles. The van der Waals surface area contributed by atoms with Crippen molar-refractivity contribution in [1.82, 2.24) is 5.32 Å². The van der Waals surface area contributed by atoms with E-state index in [4.69, 9.17) is 4.74 Å². The van der Waals surface area contributed by atoms with Gasteiger partial charge in [-0.15, -0.1) is 0 Å². The largest absolute Gasteiger partial charge is 0.378 e. The van der Waals surface area contributed by atoms with Crippen LogP contribution in [0.3, 0.4) is 0 Å². The van der Waals surface area contributed by atoms with Gasteiger partial charge in [0.05, 0.1) is 6.10 Å². The fourth-order valence-corrected chi connectivity index (χ4v) is 3.02. The summed E-state index contributed by atoms with van der Waals surface area (Å²) in [7, 11) is 2.12. The van der Waals surface area contributed by atoms with Gasteiger partial charge in [-0.2, -0.15) is 0 Å². The highest BCUT2D eigenvalue weighted by Gasteiger charge is 2.19. The van der Waals surface area contributed by atoms with Crippen molar-refractivity contribution in [3.63, 3.8) is 0 Å². The maximum atomic E-state index is 5.72. The zero-order valence-electron chi connectivity index (χ0n) is 12.7. The van der Waals surface area contributed by atoms with Gasteiger partial charge in [-0.05, 0) is 45.1 Å². The molecule has 1 aliphatic rings. The van der Waals surface area contributed by atoms with Crippen molar-refractivity contribution in [2.75, 3.05) is 13.7 Å². The number of hydrogen-bond acceptors (Lipinski definition) is 2. The topological polar surface area (TPSA) is 21.3 Å². The standard InChI is InChI=1S/C16H33NO/c1-4-6-8-14(5-2)13-15(17-3)10-11-16-9-7-12-18-16/h14-17H,4-13H2,1-3H3. The summed E-state index contributed by atoms with van der Waals surface area (Å²) >= 11 is 0. The van der Waals surface area contributed by atoms with Crippen LogP contribution < -0.4 is 5.32 Å². The van der Waals surface area contributed by atoms with Gasteiger partial charge in [-0.25, -0.2) is 0 Å². The second-order valence-corrected chi connectivity index (χ2v) is 5.85. The summed E-state index contributed by atoms with van der Waals surface area (Å²) in [6, 6.07) is 0.691. The van der Waals surface area contributed by atoms with E-state index < -0.39 is 0 Å². The minimum absolute atomic E-state index is 0.552. The Balaban J connectivity index is 2.21. The molecule has 0 spiro atoms. The third-order valence-electron chi connectivity index (χ3n) is 4.43. The van der Waals surface area contributed by atoms with E-state index in [1.165, 1.54) is 57.8 Å². The van der Waals surface area contributed by atoms with E-state index in [0.29, 0.717) is 12.1 Å². The van der Waals surface area contributed by atoms with Crippen LogP contribution in [0.25, 0.3) is 0 Å². The third kappa shape index (κ3) is 6.19. The smallest absolute Gasteiger partial charge is 0.0576 e.